The Morgan fingerprint density at radius 3 is 1.26 bits per heavy atom. The zero-order chi connectivity index (χ0) is 26.3. The summed E-state index contributed by atoms with van der Waals surface area (Å²) in [6, 6.07) is 19.9. The Hall–Kier alpha value is -3.54. The van der Waals surface area contributed by atoms with Crippen molar-refractivity contribution in [3.63, 3.8) is 0 Å². The minimum Gasteiger partial charge on any atom is -0.281 e. The molecule has 2 aromatic rings. The second-order valence-corrected chi connectivity index (χ2v) is 12.0. The van der Waals surface area contributed by atoms with Gasteiger partial charge in [-0.1, -0.05) is 86.7 Å². The number of hydrogen-bond donors (Lipinski definition) is 0. The zero-order valence-corrected chi connectivity index (χ0v) is 21.6. The van der Waals surface area contributed by atoms with E-state index in [0.717, 1.165) is 11.1 Å². The molecule has 2 bridgehead atoms. The summed E-state index contributed by atoms with van der Waals surface area (Å²) in [6.45, 7) is 4.81. The van der Waals surface area contributed by atoms with Crippen molar-refractivity contribution in [3.8, 4) is 0 Å². The first-order chi connectivity index (χ1) is 18.4. The van der Waals surface area contributed by atoms with Gasteiger partial charge in [0.15, 0.2) is 0 Å². The van der Waals surface area contributed by atoms with E-state index in [-0.39, 0.29) is 71.0 Å². The Labute approximate surface area is 222 Å². The fraction of sp³-hybridized carbons (Fsp3) is 0.438. The van der Waals surface area contributed by atoms with E-state index in [2.05, 4.69) is 12.2 Å². The zero-order valence-electron chi connectivity index (χ0n) is 21.6. The van der Waals surface area contributed by atoms with Crippen molar-refractivity contribution in [2.24, 2.45) is 47.3 Å². The van der Waals surface area contributed by atoms with Gasteiger partial charge >= 0.3 is 0 Å². The molecule has 6 nitrogen and oxygen atoms in total. The lowest BCUT2D eigenvalue weighted by molar-refractivity contribution is -0.166. The van der Waals surface area contributed by atoms with Gasteiger partial charge in [-0.05, 0) is 46.6 Å². The molecule has 0 spiro atoms. The first-order valence-electron chi connectivity index (χ1n) is 13.9. The highest BCUT2D eigenvalue weighted by Gasteiger charge is 2.74. The molecule has 194 valence electrons. The number of allylic oxidation sites excluding steroid dienone is 2. The molecule has 6 aliphatic rings. The summed E-state index contributed by atoms with van der Waals surface area (Å²) in [4.78, 5) is 57.5. The highest BCUT2D eigenvalue weighted by atomic mass is 16.2. The topological polar surface area (TPSA) is 74.8 Å². The van der Waals surface area contributed by atoms with E-state index in [0.29, 0.717) is 13.1 Å². The van der Waals surface area contributed by atoms with E-state index >= 15 is 0 Å². The Morgan fingerprint density at radius 1 is 0.553 bits per heavy atom. The van der Waals surface area contributed by atoms with Crippen LogP contribution in [0.25, 0.3) is 0 Å². The van der Waals surface area contributed by atoms with Crippen molar-refractivity contribution in [3.05, 3.63) is 83.9 Å². The molecule has 2 saturated heterocycles. The van der Waals surface area contributed by atoms with Gasteiger partial charge in [0.1, 0.15) is 0 Å². The van der Waals surface area contributed by atoms with Gasteiger partial charge in [-0.25, -0.2) is 0 Å². The summed E-state index contributed by atoms with van der Waals surface area (Å²) in [5.74, 6) is -2.25. The van der Waals surface area contributed by atoms with Crippen molar-refractivity contribution in [1.82, 2.24) is 9.80 Å². The summed E-state index contributed by atoms with van der Waals surface area (Å²) < 4.78 is 0. The minimum absolute atomic E-state index is 0.0343. The number of likely N-dealkylation sites (tertiary alicyclic amines) is 2. The van der Waals surface area contributed by atoms with Gasteiger partial charge in [-0.3, -0.25) is 29.0 Å². The molecule has 0 radical (unpaired) electrons. The van der Waals surface area contributed by atoms with Crippen LogP contribution >= 0.6 is 0 Å². The van der Waals surface area contributed by atoms with Gasteiger partial charge in [0.25, 0.3) is 0 Å². The fourth-order valence-corrected chi connectivity index (χ4v) is 8.41. The molecule has 2 aromatic carbocycles. The van der Waals surface area contributed by atoms with Crippen LogP contribution in [0.1, 0.15) is 36.8 Å². The second kappa shape index (κ2) is 8.48. The molecule has 2 saturated carbocycles. The van der Waals surface area contributed by atoms with Crippen molar-refractivity contribution >= 4 is 23.6 Å². The molecule has 2 heterocycles. The van der Waals surface area contributed by atoms with Crippen LogP contribution in [0.15, 0.2) is 72.8 Å². The lowest BCUT2D eigenvalue weighted by atomic mass is 9.40. The number of fused-ring (bicyclic) bond motifs is 1. The standard InChI is InChI=1S/C32H32N2O4/c1-17(19-9-5-3-6-10-19)15-33-29(35)25-21-13-14-22(26(25)30(33)36)24-23(21)27-28(24)32(38)34(31(27)37)16-18(2)20-11-7-4-8-12-20/h3-14,17-18,21-28H,15-16H2,1-2H3/t17-,18+,21-,22+,23+,24+,25+,26-,27+,28+/m1/s1. The molecule has 4 amide bonds. The van der Waals surface area contributed by atoms with Crippen molar-refractivity contribution < 1.29 is 19.2 Å². The molecular formula is C32H32N2O4. The Kier molecular flexibility index (Phi) is 5.26. The van der Waals surface area contributed by atoms with Gasteiger partial charge in [-0.15, -0.1) is 0 Å². The van der Waals surface area contributed by atoms with Crippen LogP contribution in [0.4, 0.5) is 0 Å². The molecule has 0 unspecified atom stereocenters. The molecule has 6 heteroatoms. The summed E-state index contributed by atoms with van der Waals surface area (Å²) in [5.41, 5.74) is 2.20. The maximum atomic E-state index is 13.7. The number of benzene rings is 2. The maximum Gasteiger partial charge on any atom is 0.233 e. The quantitative estimate of drug-likeness (QED) is 0.439. The van der Waals surface area contributed by atoms with E-state index in [1.54, 1.807) is 0 Å². The number of amides is 4. The average Bonchev–Trinajstić information content (AvgIpc) is 3.29. The smallest absolute Gasteiger partial charge is 0.233 e. The molecule has 0 N–H and O–H groups in total. The Balaban J connectivity index is 1.13. The summed E-state index contributed by atoms with van der Waals surface area (Å²) in [6.07, 6.45) is 4.15. The van der Waals surface area contributed by atoms with E-state index in [9.17, 15) is 19.2 Å². The predicted octanol–water partition coefficient (Wildman–Crippen LogP) is 3.86. The van der Waals surface area contributed by atoms with Crippen LogP contribution in [0.5, 0.6) is 0 Å². The second-order valence-electron chi connectivity index (χ2n) is 12.0. The minimum atomic E-state index is -0.414. The van der Waals surface area contributed by atoms with Gasteiger partial charge in [0, 0.05) is 13.1 Å². The number of rotatable bonds is 6. The van der Waals surface area contributed by atoms with Gasteiger partial charge in [0.05, 0.1) is 23.7 Å². The maximum absolute atomic E-state index is 13.7. The highest BCUT2D eigenvalue weighted by molar-refractivity contribution is 6.09. The first-order valence-corrected chi connectivity index (χ1v) is 13.9. The number of hydrogen-bond acceptors (Lipinski definition) is 4. The fourth-order valence-electron chi connectivity index (χ4n) is 8.41. The SMILES string of the molecule is C[C@H](CN1C(=O)[C@@H]2[C@H]3C=C[C@@H]([C@@H]2C1=O)[C@@H]1[C@@H]2C(=O)N(C[C@H](C)c4ccccc4)C(=O)[C@H]2[C@@H]31)c1ccccc1. The normalized spacial score (nSPS) is 36.2. The summed E-state index contributed by atoms with van der Waals surface area (Å²) in [5, 5.41) is 0. The van der Waals surface area contributed by atoms with Gasteiger partial charge in [-0.2, -0.15) is 0 Å². The predicted molar refractivity (Wildman–Crippen MR) is 140 cm³/mol. The molecule has 4 fully saturated rings. The molecule has 0 aromatic heterocycles. The Morgan fingerprint density at radius 2 is 0.895 bits per heavy atom. The van der Waals surface area contributed by atoms with Crippen LogP contribution in [0.2, 0.25) is 0 Å². The molecular weight excluding hydrogens is 476 g/mol. The third-order valence-electron chi connectivity index (χ3n) is 10.2. The van der Waals surface area contributed by atoms with Crippen LogP contribution in [-0.2, 0) is 19.2 Å². The van der Waals surface area contributed by atoms with E-state index < -0.39 is 11.8 Å². The molecule has 2 aliphatic heterocycles. The molecule has 10 atom stereocenters. The van der Waals surface area contributed by atoms with Crippen LogP contribution in [0.3, 0.4) is 0 Å². The molecule has 38 heavy (non-hydrogen) atoms. The number of nitrogens with zero attached hydrogens (tertiary/aromatic N) is 2. The lowest BCUT2D eigenvalue weighted by Gasteiger charge is -2.60. The third kappa shape index (κ3) is 3.12. The first kappa shape index (κ1) is 23.6. The monoisotopic (exact) mass is 508 g/mol. The number of carbonyl (C=O) groups excluding carboxylic acids is 4. The van der Waals surface area contributed by atoms with Crippen LogP contribution < -0.4 is 0 Å². The Bertz CT molecular complexity index is 1300. The van der Waals surface area contributed by atoms with Crippen molar-refractivity contribution in [1.29, 1.82) is 0 Å². The van der Waals surface area contributed by atoms with Crippen LogP contribution in [0, 0.1) is 47.3 Å². The molecule has 8 rings (SSSR count). The van der Waals surface area contributed by atoms with E-state index in [1.165, 1.54) is 9.80 Å². The van der Waals surface area contributed by atoms with E-state index in [1.807, 2.05) is 74.5 Å². The van der Waals surface area contributed by atoms with Crippen molar-refractivity contribution in [2.45, 2.75) is 25.7 Å². The third-order valence-corrected chi connectivity index (χ3v) is 10.2. The van der Waals surface area contributed by atoms with Gasteiger partial charge in [0.2, 0.25) is 23.6 Å². The largest absolute Gasteiger partial charge is 0.281 e. The summed E-state index contributed by atoms with van der Waals surface area (Å²) >= 11 is 0. The highest BCUT2D eigenvalue weighted by Crippen LogP contribution is 2.68. The van der Waals surface area contributed by atoms with E-state index in [4.69, 9.17) is 0 Å². The summed E-state index contributed by atoms with van der Waals surface area (Å²) in [7, 11) is 0. The number of carbonyl (C=O) groups is 4. The lowest BCUT2D eigenvalue weighted by Crippen LogP contribution is -2.63. The average molecular weight is 509 g/mol. The van der Waals surface area contributed by atoms with Gasteiger partial charge < -0.3 is 0 Å². The van der Waals surface area contributed by atoms with Crippen LogP contribution in [-0.4, -0.2) is 46.5 Å². The van der Waals surface area contributed by atoms with Crippen molar-refractivity contribution in [2.75, 3.05) is 13.1 Å². The number of imide groups is 2. The molecule has 4 aliphatic carbocycles.